The van der Waals surface area contributed by atoms with Crippen LogP contribution < -0.4 is 79.3 Å². The van der Waals surface area contributed by atoms with Crippen molar-refractivity contribution >= 4 is 43.9 Å². The van der Waals surface area contributed by atoms with Crippen molar-refractivity contribution in [3.05, 3.63) is 88.1 Å². The van der Waals surface area contributed by atoms with Crippen LogP contribution in [0, 0.1) is 0 Å². The minimum absolute atomic E-state index is 0. The zero-order valence-electron chi connectivity index (χ0n) is 37.0. The van der Waals surface area contributed by atoms with Gasteiger partial charge in [-0.05, 0) is 98.6 Å². The summed E-state index contributed by atoms with van der Waals surface area (Å²) in [4.78, 5) is 26.6. The van der Waals surface area contributed by atoms with Gasteiger partial charge in [0.05, 0.1) is 24.2 Å². The van der Waals surface area contributed by atoms with Gasteiger partial charge in [0.15, 0.2) is 0 Å². The Balaban J connectivity index is 0.00000641. The van der Waals surface area contributed by atoms with Crippen LogP contribution in [0.1, 0.15) is 107 Å². The summed E-state index contributed by atoms with van der Waals surface area (Å²) in [6, 6.07) is 13.4. The molecule has 1 amide bonds. The quantitative estimate of drug-likeness (QED) is 0.0488. The molecule has 0 radical (unpaired) electrons. The third-order valence-electron chi connectivity index (χ3n) is 10.6. The number of methoxy groups -OCH3 is 1. The van der Waals surface area contributed by atoms with E-state index < -0.39 is 37.4 Å². The number of carbonyl (C=O) groups excluding carboxylic acids is 1. The Kier molecular flexibility index (Phi) is 21.6. The molecule has 0 bridgehead atoms. The first kappa shape index (κ1) is 54.8. The third-order valence-corrected chi connectivity index (χ3v) is 12.2. The number of rotatable bonds is 21. The van der Waals surface area contributed by atoms with E-state index in [0.717, 1.165) is 33.4 Å². The van der Waals surface area contributed by atoms with Crippen LogP contribution >= 0.6 is 0 Å². The van der Waals surface area contributed by atoms with Crippen molar-refractivity contribution in [2.24, 2.45) is 0 Å². The summed E-state index contributed by atoms with van der Waals surface area (Å²) in [5.74, 6) is -0.690. The van der Waals surface area contributed by atoms with E-state index in [1.807, 2.05) is 73.0 Å². The Morgan fingerprint density at radius 3 is 2.26 bits per heavy atom. The fourth-order valence-electron chi connectivity index (χ4n) is 7.63. The molecule has 1 atom stereocenters. The van der Waals surface area contributed by atoms with Gasteiger partial charge < -0.3 is 24.5 Å². The molecule has 324 valence electrons. The van der Waals surface area contributed by atoms with Gasteiger partial charge in [-0.25, -0.2) is 4.58 Å². The molecule has 4 rings (SSSR count). The van der Waals surface area contributed by atoms with E-state index in [1.165, 1.54) is 0 Å². The zero-order valence-corrected chi connectivity index (χ0v) is 42.6. The summed E-state index contributed by atoms with van der Waals surface area (Å²) in [5.41, 5.74) is 3.88. The minimum Gasteiger partial charge on any atom is -0.481 e. The average Bonchev–Trinajstić information content (AvgIpc) is 3.37. The maximum atomic E-state index is 13.2. The van der Waals surface area contributed by atoms with Gasteiger partial charge in [-0.3, -0.25) is 18.7 Å². The SMILES string of the molecule is CC[N+](CCCS(=O)(=O)O)=c1ccc2c(C(C)(C)C)cc(/C=C/C=C3/N(CCCCCC(=O)O)c4ccc(C(=O)NCCOC)cc4C3(C)CCCS(=O)(=O)O)oc-2c1.[Na+].[Na+]. The van der Waals surface area contributed by atoms with Crippen LogP contribution in [0.5, 0.6) is 0 Å². The number of anilines is 1. The number of carboxylic acid groups (broad SMARTS) is 1. The first-order valence-electron chi connectivity index (χ1n) is 20.0. The van der Waals surface area contributed by atoms with Crippen molar-refractivity contribution in [2.45, 2.75) is 90.4 Å². The summed E-state index contributed by atoms with van der Waals surface area (Å²) in [6.07, 6.45) is 8.37. The van der Waals surface area contributed by atoms with Gasteiger partial charge >= 0.3 is 65.1 Å². The third kappa shape index (κ3) is 16.0. The molecule has 1 unspecified atom stereocenters. The van der Waals surface area contributed by atoms with Crippen molar-refractivity contribution in [1.29, 1.82) is 0 Å². The van der Waals surface area contributed by atoms with E-state index in [-0.39, 0.29) is 95.5 Å². The standard InChI is InChI=1S/C43H59N3O11S2.2Na/c1-7-45(23-13-27-59(53,54)55)32-18-19-34-35(42(2,3)4)30-33(57-38(34)29-32)14-11-15-39-43(5,21-12-26-58(50,51)52)36-28-31(41(49)44-22-25-56-6)17-20-37(36)46(39)24-10-8-9-16-40(47)48;;/h11,14-15,17-20,28-30H,7-10,12-13,16,21-27H2,1-6H3,(H3-,44,47,48,49,50,51,52,53,54,55);;/q;2*+1/p+1. The molecule has 0 fully saturated rings. The van der Waals surface area contributed by atoms with Gasteiger partial charge in [0, 0.05) is 67.0 Å². The number of unbranched alkanes of at least 4 members (excludes halogenated alkanes) is 2. The van der Waals surface area contributed by atoms with Crippen LogP contribution in [0.2, 0.25) is 0 Å². The Morgan fingerprint density at radius 1 is 0.951 bits per heavy atom. The molecule has 14 nitrogen and oxygen atoms in total. The van der Waals surface area contributed by atoms with Crippen molar-refractivity contribution in [3.63, 3.8) is 0 Å². The maximum Gasteiger partial charge on any atom is 1.00 e. The number of aliphatic carboxylic acids is 1. The number of fused-ring (bicyclic) bond motifs is 2. The van der Waals surface area contributed by atoms with Gasteiger partial charge in [0.1, 0.15) is 24.6 Å². The summed E-state index contributed by atoms with van der Waals surface area (Å²) in [7, 11) is -6.77. The number of ether oxygens (including phenoxy) is 1. The normalized spacial score (nSPS) is 16.7. The molecular weight excluding hydrogens is 845 g/mol. The Labute approximate surface area is 405 Å². The Bertz CT molecular complexity index is 2300. The molecule has 0 saturated heterocycles. The molecule has 1 aliphatic carbocycles. The molecule has 4 N–H and O–H groups in total. The monoisotopic (exact) mass is 904 g/mol. The number of amides is 1. The number of benzene rings is 2. The van der Waals surface area contributed by atoms with Crippen molar-refractivity contribution in [2.75, 3.05) is 56.3 Å². The maximum absolute atomic E-state index is 13.2. The fraction of sp³-hybridized carbons (Fsp3) is 0.512. The molecular formula is C43H60N3Na2O11S2+3. The van der Waals surface area contributed by atoms with Gasteiger partial charge in [-0.1, -0.05) is 33.3 Å². The molecule has 1 aromatic carbocycles. The largest absolute Gasteiger partial charge is 1.00 e. The molecule has 0 saturated carbocycles. The molecule has 2 heterocycles. The van der Waals surface area contributed by atoms with E-state index in [1.54, 1.807) is 13.2 Å². The van der Waals surface area contributed by atoms with Gasteiger partial charge in [0.25, 0.3) is 26.1 Å². The fourth-order valence-corrected chi connectivity index (χ4v) is 8.64. The van der Waals surface area contributed by atoms with Crippen molar-refractivity contribution in [3.8, 4) is 11.3 Å². The number of nitrogens with one attached hydrogen (secondary N) is 1. The smallest absolute Gasteiger partial charge is 0.481 e. The molecule has 0 spiro atoms. The van der Waals surface area contributed by atoms with Crippen LogP contribution in [-0.4, -0.2) is 94.3 Å². The molecule has 61 heavy (non-hydrogen) atoms. The number of carbonyl (C=O) groups is 2. The van der Waals surface area contributed by atoms with Crippen LogP contribution in [0.25, 0.3) is 17.4 Å². The van der Waals surface area contributed by atoms with Gasteiger partial charge in [-0.2, -0.15) is 16.8 Å². The zero-order chi connectivity index (χ0) is 43.6. The summed E-state index contributed by atoms with van der Waals surface area (Å²) in [5, 5.41) is 12.9. The number of carboxylic acids is 1. The second-order valence-corrected chi connectivity index (χ2v) is 19.3. The molecule has 18 heteroatoms. The van der Waals surface area contributed by atoms with Crippen LogP contribution in [0.4, 0.5) is 5.69 Å². The van der Waals surface area contributed by atoms with E-state index in [0.29, 0.717) is 75.6 Å². The van der Waals surface area contributed by atoms with Crippen LogP contribution in [0.3, 0.4) is 0 Å². The predicted molar refractivity (Wildman–Crippen MR) is 230 cm³/mol. The first-order chi connectivity index (χ1) is 27.7. The van der Waals surface area contributed by atoms with Gasteiger partial charge in [-0.15, -0.1) is 0 Å². The minimum atomic E-state index is -4.24. The van der Waals surface area contributed by atoms with E-state index >= 15 is 0 Å². The molecule has 0 aromatic heterocycles. The van der Waals surface area contributed by atoms with E-state index in [9.17, 15) is 40.6 Å². The van der Waals surface area contributed by atoms with E-state index in [4.69, 9.17) is 9.15 Å². The summed E-state index contributed by atoms with van der Waals surface area (Å²) < 4.78 is 79.0. The second kappa shape index (κ2) is 24.1. The Hall–Kier alpha value is -2.35. The number of hydrogen-bond donors (Lipinski definition) is 4. The Morgan fingerprint density at radius 2 is 1.64 bits per heavy atom. The van der Waals surface area contributed by atoms with E-state index in [2.05, 4.69) is 31.0 Å². The van der Waals surface area contributed by atoms with Crippen LogP contribution in [0.15, 0.2) is 64.7 Å². The van der Waals surface area contributed by atoms with Gasteiger partial charge in [0.2, 0.25) is 5.36 Å². The molecule has 1 aromatic rings. The average molecular weight is 905 g/mol. The first-order valence-corrected chi connectivity index (χ1v) is 23.2. The van der Waals surface area contributed by atoms with Crippen molar-refractivity contribution < 1.29 is 109 Å². The summed E-state index contributed by atoms with van der Waals surface area (Å²) in [6.45, 7) is 12.6. The number of hydrogen-bond acceptors (Lipinski definition) is 9. The topological polar surface area (TPSA) is 204 Å². The second-order valence-electron chi connectivity index (χ2n) is 16.2. The van der Waals surface area contributed by atoms with Crippen molar-refractivity contribution in [1.82, 2.24) is 9.89 Å². The number of allylic oxidation sites excluding steroid dienone is 3. The molecule has 2 aliphatic heterocycles. The van der Waals surface area contributed by atoms with Crippen LogP contribution in [-0.2, 0) is 40.6 Å². The predicted octanol–water partition coefficient (Wildman–Crippen LogP) is 0.124. The summed E-state index contributed by atoms with van der Waals surface area (Å²) >= 11 is 0. The molecule has 3 aliphatic rings. The number of nitrogens with zero attached hydrogens (tertiary/aromatic N) is 2.